The van der Waals surface area contributed by atoms with Gasteiger partial charge in [0.2, 0.25) is 0 Å². The summed E-state index contributed by atoms with van der Waals surface area (Å²) in [5.74, 6) is 1.80. The zero-order chi connectivity index (χ0) is 11.5. The van der Waals surface area contributed by atoms with Gasteiger partial charge in [-0.1, -0.05) is 26.7 Å². The number of rotatable bonds is 2. The third-order valence-corrected chi connectivity index (χ3v) is 5.07. The molecule has 2 heteroatoms. The molecule has 0 spiro atoms. The highest BCUT2D eigenvalue weighted by Crippen LogP contribution is 2.33. The minimum atomic E-state index is 0.832. The maximum absolute atomic E-state index is 3.47. The second-order valence-electron chi connectivity index (χ2n) is 5.98. The van der Waals surface area contributed by atoms with E-state index in [1.54, 1.807) is 0 Å². The molecular weight excluding hydrogens is 196 g/mol. The quantitative estimate of drug-likeness (QED) is 0.775. The van der Waals surface area contributed by atoms with Gasteiger partial charge >= 0.3 is 0 Å². The maximum atomic E-state index is 3.47. The average molecular weight is 224 g/mol. The number of nitrogens with zero attached hydrogens (tertiary/aromatic N) is 1. The molecule has 1 saturated heterocycles. The molecule has 0 aromatic heterocycles. The molecule has 1 saturated carbocycles. The smallest absolute Gasteiger partial charge is 0.0123 e. The van der Waals surface area contributed by atoms with Crippen LogP contribution < -0.4 is 5.32 Å². The maximum Gasteiger partial charge on any atom is 0.0123 e. The van der Waals surface area contributed by atoms with Gasteiger partial charge in [0.15, 0.2) is 0 Å². The lowest BCUT2D eigenvalue weighted by atomic mass is 9.77. The van der Waals surface area contributed by atoms with Crippen molar-refractivity contribution in [3.05, 3.63) is 0 Å². The fourth-order valence-corrected chi connectivity index (χ4v) is 3.61. The number of nitrogens with one attached hydrogen (secondary N) is 1. The first-order valence-electron chi connectivity index (χ1n) is 7.13. The van der Waals surface area contributed by atoms with Crippen molar-refractivity contribution >= 4 is 0 Å². The second-order valence-corrected chi connectivity index (χ2v) is 5.98. The van der Waals surface area contributed by atoms with E-state index in [1.807, 2.05) is 0 Å². The summed E-state index contributed by atoms with van der Waals surface area (Å²) in [5.41, 5.74) is 0. The van der Waals surface area contributed by atoms with E-state index < -0.39 is 0 Å². The van der Waals surface area contributed by atoms with Crippen LogP contribution in [0.1, 0.15) is 46.0 Å². The van der Waals surface area contributed by atoms with E-state index in [2.05, 4.69) is 31.1 Å². The molecular formula is C14H28N2. The second kappa shape index (κ2) is 5.50. The molecule has 0 aromatic carbocycles. The minimum Gasteiger partial charge on any atom is -0.317 e. The van der Waals surface area contributed by atoms with Crippen LogP contribution in [0.15, 0.2) is 0 Å². The van der Waals surface area contributed by atoms with Crippen molar-refractivity contribution in [2.45, 2.75) is 58.0 Å². The average Bonchev–Trinajstić information content (AvgIpc) is 2.33. The summed E-state index contributed by atoms with van der Waals surface area (Å²) in [5, 5.41) is 3.47. The van der Waals surface area contributed by atoms with E-state index in [-0.39, 0.29) is 0 Å². The third kappa shape index (κ3) is 2.60. The lowest BCUT2D eigenvalue weighted by Crippen LogP contribution is -2.50. The Balaban J connectivity index is 1.93. The zero-order valence-electron chi connectivity index (χ0n) is 11.2. The molecule has 1 aliphatic heterocycles. The summed E-state index contributed by atoms with van der Waals surface area (Å²) in [6, 6.07) is 1.67. The summed E-state index contributed by atoms with van der Waals surface area (Å²) in [7, 11) is 2.37. The fraction of sp³-hybridized carbons (Fsp3) is 1.00. The van der Waals surface area contributed by atoms with Crippen LogP contribution in [0, 0.1) is 11.8 Å². The van der Waals surface area contributed by atoms with Crippen LogP contribution >= 0.6 is 0 Å². The van der Waals surface area contributed by atoms with Gasteiger partial charge in [-0.2, -0.15) is 0 Å². The van der Waals surface area contributed by atoms with E-state index in [0.29, 0.717) is 0 Å². The lowest BCUT2D eigenvalue weighted by molar-refractivity contribution is 0.0571. The SMILES string of the molecule is C[C@H]1[C@H](C)CCC[C@H]1N(C)C1CCNCC1. The molecule has 2 fully saturated rings. The van der Waals surface area contributed by atoms with Gasteiger partial charge in [-0.05, 0) is 51.2 Å². The van der Waals surface area contributed by atoms with Crippen LogP contribution in [0.3, 0.4) is 0 Å². The first-order chi connectivity index (χ1) is 7.70. The molecule has 0 bridgehead atoms. The van der Waals surface area contributed by atoms with Crippen molar-refractivity contribution in [1.29, 1.82) is 0 Å². The van der Waals surface area contributed by atoms with Crippen LogP contribution in [0.25, 0.3) is 0 Å². The molecule has 1 aliphatic carbocycles. The van der Waals surface area contributed by atoms with Gasteiger partial charge in [0.1, 0.15) is 0 Å². The predicted octanol–water partition coefficient (Wildman–Crippen LogP) is 2.49. The molecule has 0 amide bonds. The molecule has 1 N–H and O–H groups in total. The molecule has 2 rings (SSSR count). The summed E-state index contributed by atoms with van der Waals surface area (Å²) >= 11 is 0. The van der Waals surface area contributed by atoms with E-state index in [1.165, 1.54) is 45.2 Å². The van der Waals surface area contributed by atoms with Gasteiger partial charge in [0.25, 0.3) is 0 Å². The van der Waals surface area contributed by atoms with Crippen molar-refractivity contribution in [3.8, 4) is 0 Å². The van der Waals surface area contributed by atoms with Crippen molar-refractivity contribution < 1.29 is 0 Å². The highest BCUT2D eigenvalue weighted by molar-refractivity contribution is 4.87. The van der Waals surface area contributed by atoms with E-state index in [9.17, 15) is 0 Å². The first kappa shape index (κ1) is 12.4. The molecule has 3 atom stereocenters. The van der Waals surface area contributed by atoms with Gasteiger partial charge in [-0.15, -0.1) is 0 Å². The monoisotopic (exact) mass is 224 g/mol. The molecule has 94 valence electrons. The molecule has 0 radical (unpaired) electrons. The standard InChI is InChI=1S/C14H28N2/c1-11-5-4-6-14(12(11)2)16(3)13-7-9-15-10-8-13/h11-15H,4-10H2,1-3H3/t11-,12+,14-/m1/s1. The number of hydrogen-bond acceptors (Lipinski definition) is 2. The Hall–Kier alpha value is -0.0800. The van der Waals surface area contributed by atoms with Crippen LogP contribution in [-0.4, -0.2) is 37.1 Å². The predicted molar refractivity (Wildman–Crippen MR) is 69.6 cm³/mol. The van der Waals surface area contributed by atoms with Crippen molar-refractivity contribution in [1.82, 2.24) is 10.2 Å². The molecule has 0 aromatic rings. The van der Waals surface area contributed by atoms with Crippen molar-refractivity contribution in [3.63, 3.8) is 0 Å². The van der Waals surface area contributed by atoms with Gasteiger partial charge in [0.05, 0.1) is 0 Å². The largest absolute Gasteiger partial charge is 0.317 e. The Kier molecular flexibility index (Phi) is 4.26. The zero-order valence-corrected chi connectivity index (χ0v) is 11.2. The highest BCUT2D eigenvalue weighted by atomic mass is 15.2. The summed E-state index contributed by atoms with van der Waals surface area (Å²) in [6.07, 6.45) is 6.98. The Morgan fingerprint density at radius 1 is 1.00 bits per heavy atom. The minimum absolute atomic E-state index is 0.832. The topological polar surface area (TPSA) is 15.3 Å². The molecule has 2 nitrogen and oxygen atoms in total. The summed E-state index contributed by atoms with van der Waals surface area (Å²) < 4.78 is 0. The lowest BCUT2D eigenvalue weighted by Gasteiger charge is -2.44. The highest BCUT2D eigenvalue weighted by Gasteiger charge is 2.33. The Morgan fingerprint density at radius 2 is 1.69 bits per heavy atom. The van der Waals surface area contributed by atoms with E-state index in [0.717, 1.165) is 23.9 Å². The Bertz CT molecular complexity index is 211. The van der Waals surface area contributed by atoms with Crippen LogP contribution in [0.5, 0.6) is 0 Å². The van der Waals surface area contributed by atoms with E-state index in [4.69, 9.17) is 0 Å². The number of piperidine rings is 1. The first-order valence-corrected chi connectivity index (χ1v) is 7.13. The van der Waals surface area contributed by atoms with Gasteiger partial charge in [-0.25, -0.2) is 0 Å². The molecule has 16 heavy (non-hydrogen) atoms. The number of hydrogen-bond donors (Lipinski definition) is 1. The van der Waals surface area contributed by atoms with Gasteiger partial charge in [-0.3, -0.25) is 0 Å². The molecule has 0 unspecified atom stereocenters. The van der Waals surface area contributed by atoms with Gasteiger partial charge < -0.3 is 10.2 Å². The Morgan fingerprint density at radius 3 is 2.38 bits per heavy atom. The van der Waals surface area contributed by atoms with Crippen molar-refractivity contribution in [2.24, 2.45) is 11.8 Å². The third-order valence-electron chi connectivity index (χ3n) is 5.07. The van der Waals surface area contributed by atoms with Crippen LogP contribution in [0.4, 0.5) is 0 Å². The fourth-order valence-electron chi connectivity index (χ4n) is 3.61. The van der Waals surface area contributed by atoms with Gasteiger partial charge in [0, 0.05) is 12.1 Å². The van der Waals surface area contributed by atoms with Crippen molar-refractivity contribution in [2.75, 3.05) is 20.1 Å². The molecule has 1 heterocycles. The molecule has 2 aliphatic rings. The normalized spacial score (nSPS) is 37.9. The summed E-state index contributed by atoms with van der Waals surface area (Å²) in [6.45, 7) is 7.33. The van der Waals surface area contributed by atoms with Crippen LogP contribution in [-0.2, 0) is 0 Å². The van der Waals surface area contributed by atoms with Crippen LogP contribution in [0.2, 0.25) is 0 Å². The van der Waals surface area contributed by atoms with E-state index >= 15 is 0 Å². The summed E-state index contributed by atoms with van der Waals surface area (Å²) in [4.78, 5) is 2.71. The Labute approximate surface area is 101 Å².